The fourth-order valence-corrected chi connectivity index (χ4v) is 3.54. The number of aromatic nitrogens is 2. The van der Waals surface area contributed by atoms with Crippen molar-refractivity contribution in [2.45, 2.75) is 39.2 Å². The molecule has 1 aromatic heterocycles. The highest BCUT2D eigenvalue weighted by Crippen LogP contribution is 2.31. The summed E-state index contributed by atoms with van der Waals surface area (Å²) in [7, 11) is 0. The molecule has 0 radical (unpaired) electrons. The largest absolute Gasteiger partial charge is 0.309 e. The number of hydrogen-bond acceptors (Lipinski definition) is 4. The first-order valence-corrected chi connectivity index (χ1v) is 8.55. The van der Waals surface area contributed by atoms with Crippen LogP contribution in [0.15, 0.2) is 18.2 Å². The van der Waals surface area contributed by atoms with Crippen LogP contribution in [-0.2, 0) is 6.42 Å². The first kappa shape index (κ1) is 16.7. The Morgan fingerprint density at radius 2 is 2.05 bits per heavy atom. The van der Waals surface area contributed by atoms with Gasteiger partial charge in [0.2, 0.25) is 0 Å². The Kier molecular flexibility index (Phi) is 5.99. The number of nitrogens with one attached hydrogen (secondary N) is 1. The van der Waals surface area contributed by atoms with Crippen LogP contribution < -0.4 is 5.32 Å². The molecule has 0 aliphatic rings. The Hall–Kier alpha value is -0.680. The topological polar surface area (TPSA) is 37.8 Å². The molecule has 2 rings (SSSR count). The fraction of sp³-hybridized carbons (Fsp3) is 0.467. The monoisotopic (exact) mass is 343 g/mol. The first-order valence-electron chi connectivity index (χ1n) is 7.02. The average molecular weight is 344 g/mol. The lowest BCUT2D eigenvalue weighted by atomic mass is 10.00. The molecule has 0 amide bonds. The third-order valence-corrected chi connectivity index (χ3v) is 4.74. The van der Waals surface area contributed by atoms with Gasteiger partial charge in [-0.1, -0.05) is 48.5 Å². The summed E-state index contributed by atoms with van der Waals surface area (Å²) in [6, 6.07) is 5.74. The second kappa shape index (κ2) is 7.54. The lowest BCUT2D eigenvalue weighted by Crippen LogP contribution is -2.23. The molecule has 0 spiro atoms. The van der Waals surface area contributed by atoms with Gasteiger partial charge in [0.25, 0.3) is 0 Å². The van der Waals surface area contributed by atoms with Crippen molar-refractivity contribution in [3.05, 3.63) is 44.4 Å². The van der Waals surface area contributed by atoms with E-state index >= 15 is 0 Å². The van der Waals surface area contributed by atoms with Gasteiger partial charge in [0.1, 0.15) is 0 Å². The van der Waals surface area contributed by atoms with Gasteiger partial charge < -0.3 is 5.32 Å². The summed E-state index contributed by atoms with van der Waals surface area (Å²) in [6.45, 7) is 7.24. The van der Waals surface area contributed by atoms with Gasteiger partial charge in [-0.2, -0.15) is 0 Å². The van der Waals surface area contributed by atoms with Crippen molar-refractivity contribution in [1.29, 1.82) is 0 Å². The van der Waals surface area contributed by atoms with Crippen molar-refractivity contribution in [1.82, 2.24) is 14.9 Å². The lowest BCUT2D eigenvalue weighted by Gasteiger charge is -2.19. The number of rotatable bonds is 6. The summed E-state index contributed by atoms with van der Waals surface area (Å²) in [6.07, 6.45) is 0.775. The smallest absolute Gasteiger partial charge is 0.0829 e. The van der Waals surface area contributed by atoms with Crippen LogP contribution in [0.3, 0.4) is 0 Å². The van der Waals surface area contributed by atoms with E-state index in [0.717, 1.165) is 29.2 Å². The molecular formula is C15H19Cl2N3S. The first-order chi connectivity index (χ1) is 10.0. The highest BCUT2D eigenvalue weighted by molar-refractivity contribution is 7.05. The minimum absolute atomic E-state index is 0.156. The summed E-state index contributed by atoms with van der Waals surface area (Å²) in [5, 5.41) is 9.22. The van der Waals surface area contributed by atoms with Gasteiger partial charge in [-0.05, 0) is 54.2 Å². The Morgan fingerprint density at radius 3 is 2.71 bits per heavy atom. The predicted molar refractivity (Wildman–Crippen MR) is 90.6 cm³/mol. The second-order valence-corrected chi connectivity index (χ2v) is 6.86. The molecule has 1 heterocycles. The van der Waals surface area contributed by atoms with Crippen LogP contribution >= 0.6 is 34.7 Å². The SMILES string of the molecule is CCNC(Cc1cc(Cl)ccc1Cl)c1snnc1C(C)C. The molecule has 0 aliphatic heterocycles. The van der Waals surface area contributed by atoms with E-state index in [1.807, 2.05) is 18.2 Å². The normalized spacial score (nSPS) is 12.9. The van der Waals surface area contributed by atoms with Gasteiger partial charge in [0.05, 0.1) is 10.6 Å². The lowest BCUT2D eigenvalue weighted by molar-refractivity contribution is 0.549. The van der Waals surface area contributed by atoms with E-state index in [1.165, 1.54) is 16.4 Å². The van der Waals surface area contributed by atoms with Crippen molar-refractivity contribution in [2.75, 3.05) is 6.54 Å². The Balaban J connectivity index is 2.31. The van der Waals surface area contributed by atoms with Crippen LogP contribution in [0.5, 0.6) is 0 Å². The summed E-state index contributed by atoms with van der Waals surface area (Å²) < 4.78 is 4.12. The summed E-state index contributed by atoms with van der Waals surface area (Å²) in [5.41, 5.74) is 2.10. The predicted octanol–water partition coefficient (Wildman–Crippen LogP) is 4.86. The van der Waals surface area contributed by atoms with Crippen molar-refractivity contribution in [3.8, 4) is 0 Å². The maximum Gasteiger partial charge on any atom is 0.0829 e. The van der Waals surface area contributed by atoms with E-state index in [-0.39, 0.29) is 6.04 Å². The fourth-order valence-electron chi connectivity index (χ4n) is 2.27. The third-order valence-electron chi connectivity index (χ3n) is 3.29. The number of nitrogens with zero attached hydrogens (tertiary/aromatic N) is 2. The van der Waals surface area contributed by atoms with E-state index in [2.05, 4.69) is 35.7 Å². The summed E-state index contributed by atoms with van der Waals surface area (Å²) in [5.74, 6) is 0.356. The van der Waals surface area contributed by atoms with E-state index in [0.29, 0.717) is 10.9 Å². The molecule has 21 heavy (non-hydrogen) atoms. The maximum atomic E-state index is 6.29. The summed E-state index contributed by atoms with van der Waals surface area (Å²) >= 11 is 13.8. The van der Waals surface area contributed by atoms with Crippen LogP contribution in [0, 0.1) is 0 Å². The van der Waals surface area contributed by atoms with Gasteiger partial charge in [0, 0.05) is 16.1 Å². The molecule has 1 aromatic carbocycles. The molecule has 0 saturated heterocycles. The van der Waals surface area contributed by atoms with Crippen molar-refractivity contribution < 1.29 is 0 Å². The van der Waals surface area contributed by atoms with Crippen molar-refractivity contribution >= 4 is 34.7 Å². The zero-order chi connectivity index (χ0) is 15.4. The molecule has 0 saturated carbocycles. The zero-order valence-corrected chi connectivity index (χ0v) is 14.7. The molecule has 1 unspecified atom stereocenters. The number of benzene rings is 1. The molecule has 1 N–H and O–H groups in total. The third kappa shape index (κ3) is 4.16. The quantitative estimate of drug-likeness (QED) is 0.813. The number of likely N-dealkylation sites (N-methyl/N-ethyl adjacent to an activating group) is 1. The van der Waals surface area contributed by atoms with Crippen LogP contribution in [0.2, 0.25) is 10.0 Å². The molecule has 6 heteroatoms. The van der Waals surface area contributed by atoms with Crippen LogP contribution in [0.1, 0.15) is 48.9 Å². The molecule has 2 aromatic rings. The van der Waals surface area contributed by atoms with Crippen molar-refractivity contribution in [2.24, 2.45) is 0 Å². The van der Waals surface area contributed by atoms with Gasteiger partial charge in [-0.25, -0.2) is 0 Å². The van der Waals surface area contributed by atoms with Crippen LogP contribution in [-0.4, -0.2) is 16.1 Å². The Bertz CT molecular complexity index is 598. The van der Waals surface area contributed by atoms with Gasteiger partial charge >= 0.3 is 0 Å². The minimum Gasteiger partial charge on any atom is -0.309 e. The van der Waals surface area contributed by atoms with E-state index < -0.39 is 0 Å². The summed E-state index contributed by atoms with van der Waals surface area (Å²) in [4.78, 5) is 1.18. The number of hydrogen-bond donors (Lipinski definition) is 1. The average Bonchev–Trinajstić information content (AvgIpc) is 2.91. The van der Waals surface area contributed by atoms with Crippen LogP contribution in [0.25, 0.3) is 0 Å². The molecule has 3 nitrogen and oxygen atoms in total. The van der Waals surface area contributed by atoms with Crippen molar-refractivity contribution in [3.63, 3.8) is 0 Å². The van der Waals surface area contributed by atoms with Gasteiger partial charge in [-0.3, -0.25) is 0 Å². The highest BCUT2D eigenvalue weighted by atomic mass is 35.5. The molecule has 0 bridgehead atoms. The molecule has 0 aliphatic carbocycles. The molecular weight excluding hydrogens is 325 g/mol. The standard InChI is InChI=1S/C15H19Cl2N3S/c1-4-18-13(15-14(9(2)3)19-20-21-15)8-10-7-11(16)5-6-12(10)17/h5-7,9,13,18H,4,8H2,1-3H3. The Morgan fingerprint density at radius 1 is 1.29 bits per heavy atom. The minimum atomic E-state index is 0.156. The van der Waals surface area contributed by atoms with Crippen LogP contribution in [0.4, 0.5) is 0 Å². The van der Waals surface area contributed by atoms with E-state index in [9.17, 15) is 0 Å². The highest BCUT2D eigenvalue weighted by Gasteiger charge is 2.21. The zero-order valence-electron chi connectivity index (χ0n) is 12.4. The molecule has 0 fully saturated rings. The Labute approximate surface area is 139 Å². The number of halogens is 2. The van der Waals surface area contributed by atoms with Gasteiger partial charge in [-0.15, -0.1) is 5.10 Å². The van der Waals surface area contributed by atoms with E-state index in [1.54, 1.807) is 0 Å². The second-order valence-electron chi connectivity index (χ2n) is 5.23. The van der Waals surface area contributed by atoms with Gasteiger partial charge in [0.15, 0.2) is 0 Å². The van der Waals surface area contributed by atoms with E-state index in [4.69, 9.17) is 23.2 Å². The molecule has 114 valence electrons. The molecule has 1 atom stereocenters. The maximum absolute atomic E-state index is 6.29.